The fraction of sp³-hybridized carbons (Fsp3) is 0.750. The van der Waals surface area contributed by atoms with Crippen molar-refractivity contribution in [2.45, 2.75) is 45.1 Å². The van der Waals surface area contributed by atoms with Crippen molar-refractivity contribution in [3.8, 4) is 0 Å². The topological polar surface area (TPSA) is 46.9 Å². The lowest BCUT2D eigenvalue weighted by Gasteiger charge is -2.55. The maximum atomic E-state index is 12.8. The number of rotatable bonds is 3. The van der Waals surface area contributed by atoms with Crippen molar-refractivity contribution in [1.29, 1.82) is 0 Å². The van der Waals surface area contributed by atoms with E-state index in [0.29, 0.717) is 12.5 Å². The molecule has 20 heavy (non-hydrogen) atoms. The molecule has 0 spiro atoms. The van der Waals surface area contributed by atoms with Crippen LogP contribution in [0.4, 0.5) is 0 Å². The first-order valence-corrected chi connectivity index (χ1v) is 7.88. The van der Waals surface area contributed by atoms with Gasteiger partial charge in [-0.2, -0.15) is 0 Å². The van der Waals surface area contributed by atoms with Crippen molar-refractivity contribution in [2.75, 3.05) is 0 Å². The van der Waals surface area contributed by atoms with Gasteiger partial charge < -0.3 is 9.88 Å². The number of carbonyl (C=O) groups excluding carboxylic acids is 1. The number of nitrogens with one attached hydrogen (secondary N) is 1. The lowest BCUT2D eigenvalue weighted by Crippen LogP contribution is -2.53. The van der Waals surface area contributed by atoms with Crippen LogP contribution in [0.1, 0.15) is 44.2 Å². The van der Waals surface area contributed by atoms with Crippen molar-refractivity contribution in [3.05, 3.63) is 18.2 Å². The van der Waals surface area contributed by atoms with E-state index in [1.54, 1.807) is 6.33 Å². The zero-order valence-electron chi connectivity index (χ0n) is 12.1. The summed E-state index contributed by atoms with van der Waals surface area (Å²) in [5, 5.41) is 3.18. The van der Waals surface area contributed by atoms with Crippen molar-refractivity contribution < 1.29 is 4.79 Å². The SMILES string of the molecule is Cn1cncc1CNC(=O)C12CC3CC(CC(C3)C1)C2. The average molecular weight is 273 g/mol. The quantitative estimate of drug-likeness (QED) is 0.918. The summed E-state index contributed by atoms with van der Waals surface area (Å²) < 4.78 is 1.97. The van der Waals surface area contributed by atoms with Gasteiger partial charge in [0.1, 0.15) is 0 Å². The number of imidazole rings is 1. The van der Waals surface area contributed by atoms with Crippen molar-refractivity contribution in [3.63, 3.8) is 0 Å². The summed E-state index contributed by atoms with van der Waals surface area (Å²) in [5.41, 5.74) is 1.04. The van der Waals surface area contributed by atoms with Gasteiger partial charge in [0.05, 0.1) is 18.6 Å². The molecule has 0 aliphatic heterocycles. The number of aryl methyl sites for hydroxylation is 1. The van der Waals surface area contributed by atoms with Gasteiger partial charge in [0.2, 0.25) is 5.91 Å². The minimum absolute atomic E-state index is 0.0344. The van der Waals surface area contributed by atoms with Crippen LogP contribution in [-0.2, 0) is 18.4 Å². The monoisotopic (exact) mass is 273 g/mol. The van der Waals surface area contributed by atoms with Gasteiger partial charge in [-0.3, -0.25) is 4.79 Å². The van der Waals surface area contributed by atoms with Crippen LogP contribution in [0.25, 0.3) is 0 Å². The third-order valence-corrected chi connectivity index (χ3v) is 5.87. The Kier molecular flexibility index (Phi) is 2.69. The molecule has 1 N–H and O–H groups in total. The van der Waals surface area contributed by atoms with E-state index in [2.05, 4.69) is 10.3 Å². The Labute approximate surface area is 120 Å². The predicted molar refractivity (Wildman–Crippen MR) is 75.7 cm³/mol. The molecule has 4 nitrogen and oxygen atoms in total. The molecule has 1 amide bonds. The standard InChI is InChI=1S/C16H23N3O/c1-19-10-17-8-14(19)9-18-15(20)16-5-11-2-12(6-16)4-13(3-11)7-16/h8,10-13H,2-7,9H2,1H3,(H,18,20). The van der Waals surface area contributed by atoms with E-state index in [0.717, 1.165) is 42.7 Å². The van der Waals surface area contributed by atoms with E-state index in [9.17, 15) is 4.79 Å². The Hall–Kier alpha value is -1.32. The minimum Gasteiger partial charge on any atom is -0.350 e. The van der Waals surface area contributed by atoms with E-state index in [1.807, 2.05) is 17.8 Å². The molecule has 4 bridgehead atoms. The second-order valence-electron chi connectivity index (χ2n) is 7.38. The summed E-state index contributed by atoms with van der Waals surface area (Å²) in [5.74, 6) is 2.77. The Morgan fingerprint density at radius 2 is 1.90 bits per heavy atom. The normalized spacial score (nSPS) is 38.1. The Bertz CT molecular complexity index is 498. The maximum Gasteiger partial charge on any atom is 0.226 e. The van der Waals surface area contributed by atoms with Gasteiger partial charge in [-0.25, -0.2) is 4.98 Å². The fourth-order valence-electron chi connectivity index (χ4n) is 5.30. The third kappa shape index (κ3) is 1.88. The number of aromatic nitrogens is 2. The Morgan fingerprint density at radius 1 is 1.30 bits per heavy atom. The fourth-order valence-corrected chi connectivity index (χ4v) is 5.30. The van der Waals surface area contributed by atoms with Crippen LogP contribution >= 0.6 is 0 Å². The van der Waals surface area contributed by atoms with Crippen LogP contribution in [0.3, 0.4) is 0 Å². The van der Waals surface area contributed by atoms with Crippen molar-refractivity contribution in [2.24, 2.45) is 30.2 Å². The molecule has 0 atom stereocenters. The lowest BCUT2D eigenvalue weighted by molar-refractivity contribution is -0.146. The molecule has 0 unspecified atom stereocenters. The van der Waals surface area contributed by atoms with Gasteiger partial charge in [0, 0.05) is 18.7 Å². The third-order valence-electron chi connectivity index (χ3n) is 5.87. The molecule has 1 aromatic rings. The van der Waals surface area contributed by atoms with E-state index in [-0.39, 0.29) is 5.41 Å². The first-order chi connectivity index (χ1) is 9.64. The molecule has 5 rings (SSSR count). The lowest BCUT2D eigenvalue weighted by atomic mass is 9.49. The second-order valence-corrected chi connectivity index (χ2v) is 7.38. The summed E-state index contributed by atoms with van der Waals surface area (Å²) in [6, 6.07) is 0. The molecule has 0 saturated heterocycles. The highest BCUT2D eigenvalue weighted by molar-refractivity contribution is 5.83. The molecule has 4 heteroatoms. The molecule has 4 aliphatic rings. The van der Waals surface area contributed by atoms with Crippen LogP contribution in [0, 0.1) is 23.2 Å². The van der Waals surface area contributed by atoms with Crippen molar-refractivity contribution >= 4 is 5.91 Å². The molecule has 0 aromatic carbocycles. The van der Waals surface area contributed by atoms with Gasteiger partial charge in [0.25, 0.3) is 0 Å². The molecular weight excluding hydrogens is 250 g/mol. The average Bonchev–Trinajstić information content (AvgIpc) is 2.80. The first-order valence-electron chi connectivity index (χ1n) is 7.88. The first kappa shape index (κ1) is 12.4. The van der Waals surface area contributed by atoms with Crippen molar-refractivity contribution in [1.82, 2.24) is 14.9 Å². The predicted octanol–water partition coefficient (Wildman–Crippen LogP) is 2.25. The number of nitrogens with zero attached hydrogens (tertiary/aromatic N) is 2. The highest BCUT2D eigenvalue weighted by Gasteiger charge is 2.54. The van der Waals surface area contributed by atoms with Gasteiger partial charge in [-0.05, 0) is 56.3 Å². The summed E-state index contributed by atoms with van der Waals surface area (Å²) in [6.45, 7) is 0.608. The van der Waals surface area contributed by atoms with E-state index < -0.39 is 0 Å². The molecule has 1 aromatic heterocycles. The largest absolute Gasteiger partial charge is 0.350 e. The van der Waals surface area contributed by atoms with Crippen LogP contribution in [0.15, 0.2) is 12.5 Å². The Balaban J connectivity index is 1.47. The number of carbonyl (C=O) groups is 1. The highest BCUT2D eigenvalue weighted by Crippen LogP contribution is 2.60. The van der Waals surface area contributed by atoms with Gasteiger partial charge in [-0.15, -0.1) is 0 Å². The summed E-state index contributed by atoms with van der Waals surface area (Å²) in [6.07, 6.45) is 11.2. The zero-order valence-corrected chi connectivity index (χ0v) is 12.1. The number of hydrogen-bond donors (Lipinski definition) is 1. The van der Waals surface area contributed by atoms with E-state index in [1.165, 1.54) is 19.3 Å². The summed E-state index contributed by atoms with van der Waals surface area (Å²) >= 11 is 0. The summed E-state index contributed by atoms with van der Waals surface area (Å²) in [4.78, 5) is 16.9. The highest BCUT2D eigenvalue weighted by atomic mass is 16.2. The minimum atomic E-state index is -0.0344. The van der Waals surface area contributed by atoms with Gasteiger partial charge >= 0.3 is 0 Å². The van der Waals surface area contributed by atoms with Crippen LogP contribution in [-0.4, -0.2) is 15.5 Å². The van der Waals surface area contributed by atoms with Crippen LogP contribution in [0.5, 0.6) is 0 Å². The zero-order chi connectivity index (χ0) is 13.7. The van der Waals surface area contributed by atoms with Gasteiger partial charge in [0.15, 0.2) is 0 Å². The molecule has 4 saturated carbocycles. The number of amides is 1. The van der Waals surface area contributed by atoms with Gasteiger partial charge in [-0.1, -0.05) is 0 Å². The van der Waals surface area contributed by atoms with Crippen LogP contribution < -0.4 is 5.32 Å². The molecule has 4 aliphatic carbocycles. The summed E-state index contributed by atoms with van der Waals surface area (Å²) in [7, 11) is 1.97. The maximum absolute atomic E-state index is 12.8. The van der Waals surface area contributed by atoms with E-state index in [4.69, 9.17) is 0 Å². The molecule has 108 valence electrons. The molecule has 0 radical (unpaired) electrons. The Morgan fingerprint density at radius 3 is 2.40 bits per heavy atom. The molecule has 1 heterocycles. The number of hydrogen-bond acceptors (Lipinski definition) is 2. The van der Waals surface area contributed by atoms with Crippen LogP contribution in [0.2, 0.25) is 0 Å². The second kappa shape index (κ2) is 4.34. The smallest absolute Gasteiger partial charge is 0.226 e. The molecule has 4 fully saturated rings. The molecular formula is C16H23N3O. The van der Waals surface area contributed by atoms with E-state index >= 15 is 0 Å².